The van der Waals surface area contributed by atoms with Gasteiger partial charge in [0.25, 0.3) is 5.56 Å². The highest BCUT2D eigenvalue weighted by Gasteiger charge is 2.35. The molecule has 0 aliphatic carbocycles. The van der Waals surface area contributed by atoms with Crippen molar-refractivity contribution >= 4 is 46.6 Å². The lowest BCUT2D eigenvalue weighted by Crippen LogP contribution is -2.40. The Bertz CT molecular complexity index is 1880. The lowest BCUT2D eigenvalue weighted by atomic mass is 9.93. The molecule has 0 radical (unpaired) electrons. The van der Waals surface area contributed by atoms with E-state index in [0.717, 1.165) is 12.0 Å². The van der Waals surface area contributed by atoms with E-state index in [1.807, 2.05) is 49.4 Å². The highest BCUT2D eigenvalue weighted by molar-refractivity contribution is 7.07. The van der Waals surface area contributed by atoms with Crippen LogP contribution < -0.4 is 24.4 Å². The number of fused-ring (bicyclic) bond motifs is 1. The van der Waals surface area contributed by atoms with E-state index in [2.05, 4.69) is 0 Å². The molecule has 1 atom stereocenters. The van der Waals surface area contributed by atoms with Crippen molar-refractivity contribution in [2.24, 2.45) is 4.99 Å². The molecule has 10 heteroatoms. The standard InChI is InChI=1S/C33H30Cl2N2O5S/c1-4-10-25-29(32(39)41-5-2)30(23-12-7-9-14-27(23)40-3)37-31(38)28(43-33(37)36-25)18-21-17-22(34)15-16-26(21)42-19-20-11-6-8-13-24(20)35/h6-9,11-18,30H,4-5,10,19H2,1-3H3. The molecule has 1 aliphatic heterocycles. The molecule has 0 amide bonds. The Morgan fingerprint density at radius 3 is 2.56 bits per heavy atom. The highest BCUT2D eigenvalue weighted by Crippen LogP contribution is 2.37. The molecule has 0 spiro atoms. The van der Waals surface area contributed by atoms with E-state index in [-0.39, 0.29) is 18.8 Å². The SMILES string of the molecule is CCCC1=C(C(=O)OCC)C(c2ccccc2OC)n2c(sc(=Cc3cc(Cl)ccc3OCc3ccccc3Cl)c2=O)=N1. The van der Waals surface area contributed by atoms with Crippen molar-refractivity contribution in [3.8, 4) is 11.5 Å². The van der Waals surface area contributed by atoms with Crippen molar-refractivity contribution in [1.29, 1.82) is 0 Å². The molecule has 2 heterocycles. The number of hydrogen-bond acceptors (Lipinski definition) is 7. The van der Waals surface area contributed by atoms with Crippen LogP contribution in [0.2, 0.25) is 10.0 Å². The Morgan fingerprint density at radius 2 is 1.81 bits per heavy atom. The number of esters is 1. The number of carbonyl (C=O) groups excluding carboxylic acids is 1. The average molecular weight is 638 g/mol. The van der Waals surface area contributed by atoms with E-state index < -0.39 is 12.0 Å². The maximum atomic E-state index is 14.2. The van der Waals surface area contributed by atoms with Crippen LogP contribution in [0.1, 0.15) is 49.4 Å². The zero-order valence-corrected chi connectivity index (χ0v) is 26.3. The highest BCUT2D eigenvalue weighted by atomic mass is 35.5. The van der Waals surface area contributed by atoms with Crippen LogP contribution in [0.3, 0.4) is 0 Å². The normalized spacial score (nSPS) is 14.7. The van der Waals surface area contributed by atoms with Gasteiger partial charge in [-0.2, -0.15) is 0 Å². The number of nitrogens with zero attached hydrogens (tertiary/aromatic N) is 2. The summed E-state index contributed by atoms with van der Waals surface area (Å²) >= 11 is 13.9. The molecule has 1 aromatic heterocycles. The maximum Gasteiger partial charge on any atom is 0.338 e. The summed E-state index contributed by atoms with van der Waals surface area (Å²) in [4.78, 5) is 32.9. The number of ether oxygens (including phenoxy) is 3. The topological polar surface area (TPSA) is 79.1 Å². The third-order valence-corrected chi connectivity index (χ3v) is 8.51. The van der Waals surface area contributed by atoms with Gasteiger partial charge in [-0.15, -0.1) is 0 Å². The largest absolute Gasteiger partial charge is 0.496 e. The van der Waals surface area contributed by atoms with Crippen molar-refractivity contribution in [3.63, 3.8) is 0 Å². The summed E-state index contributed by atoms with van der Waals surface area (Å²) in [6, 6.07) is 19.2. The Morgan fingerprint density at radius 1 is 1.05 bits per heavy atom. The molecule has 1 aliphatic rings. The summed E-state index contributed by atoms with van der Waals surface area (Å²) in [6.07, 6.45) is 3.04. The summed E-state index contributed by atoms with van der Waals surface area (Å²) in [5.41, 5.74) is 2.73. The lowest BCUT2D eigenvalue weighted by molar-refractivity contribution is -0.139. The van der Waals surface area contributed by atoms with Crippen LogP contribution >= 0.6 is 34.5 Å². The second-order valence-corrected chi connectivity index (χ2v) is 11.6. The number of benzene rings is 3. The van der Waals surface area contributed by atoms with E-state index in [9.17, 15) is 9.59 Å². The van der Waals surface area contributed by atoms with Crippen LogP contribution in [0, 0.1) is 0 Å². The van der Waals surface area contributed by atoms with Crippen molar-refractivity contribution in [2.45, 2.75) is 39.3 Å². The quantitative estimate of drug-likeness (QED) is 0.186. The second-order valence-electron chi connectivity index (χ2n) is 9.72. The van der Waals surface area contributed by atoms with Gasteiger partial charge in [0, 0.05) is 26.7 Å². The molecule has 43 heavy (non-hydrogen) atoms. The number of carbonyl (C=O) groups is 1. The summed E-state index contributed by atoms with van der Waals surface area (Å²) in [5.74, 6) is 0.576. The molecule has 7 nitrogen and oxygen atoms in total. The summed E-state index contributed by atoms with van der Waals surface area (Å²) < 4.78 is 19.2. The molecule has 222 valence electrons. The zero-order chi connectivity index (χ0) is 30.5. The summed E-state index contributed by atoms with van der Waals surface area (Å²) in [7, 11) is 1.56. The van der Waals surface area contributed by atoms with Crippen LogP contribution in [0.4, 0.5) is 0 Å². The molecular weight excluding hydrogens is 607 g/mol. The van der Waals surface area contributed by atoms with E-state index in [0.29, 0.717) is 59.7 Å². The number of rotatable bonds is 10. The smallest absolute Gasteiger partial charge is 0.338 e. The molecule has 0 saturated heterocycles. The van der Waals surface area contributed by atoms with Crippen molar-refractivity contribution in [3.05, 3.63) is 124 Å². The van der Waals surface area contributed by atoms with E-state index in [4.69, 9.17) is 42.4 Å². The molecule has 5 rings (SSSR count). The number of thiazole rings is 1. The number of aromatic nitrogens is 1. The fourth-order valence-electron chi connectivity index (χ4n) is 4.98. The minimum atomic E-state index is -0.787. The van der Waals surface area contributed by atoms with E-state index in [1.54, 1.807) is 48.9 Å². The van der Waals surface area contributed by atoms with Crippen molar-refractivity contribution in [1.82, 2.24) is 4.57 Å². The number of hydrogen-bond donors (Lipinski definition) is 0. The fourth-order valence-corrected chi connectivity index (χ4v) is 6.36. The van der Waals surface area contributed by atoms with Crippen LogP contribution in [-0.2, 0) is 16.1 Å². The first-order chi connectivity index (χ1) is 20.9. The first kappa shape index (κ1) is 30.6. The predicted molar refractivity (Wildman–Crippen MR) is 170 cm³/mol. The molecule has 1 unspecified atom stereocenters. The number of allylic oxidation sites excluding steroid dienone is 1. The third-order valence-electron chi connectivity index (χ3n) is 6.93. The molecule has 4 aromatic rings. The lowest BCUT2D eigenvalue weighted by Gasteiger charge is -2.26. The first-order valence-electron chi connectivity index (χ1n) is 13.9. The Balaban J connectivity index is 1.68. The molecular formula is C33H30Cl2N2O5S. The second kappa shape index (κ2) is 13.6. The van der Waals surface area contributed by atoms with Crippen LogP contribution in [-0.4, -0.2) is 24.3 Å². The van der Waals surface area contributed by atoms with Crippen LogP contribution in [0.15, 0.2) is 87.8 Å². The summed E-state index contributed by atoms with van der Waals surface area (Å²) in [6.45, 7) is 4.20. The van der Waals surface area contributed by atoms with Crippen LogP contribution in [0.25, 0.3) is 6.08 Å². The van der Waals surface area contributed by atoms with Gasteiger partial charge < -0.3 is 14.2 Å². The van der Waals surface area contributed by atoms with Gasteiger partial charge in [-0.25, -0.2) is 9.79 Å². The van der Waals surface area contributed by atoms with Gasteiger partial charge >= 0.3 is 5.97 Å². The Labute approximate surface area is 263 Å². The fraction of sp³-hybridized carbons (Fsp3) is 0.242. The van der Waals surface area contributed by atoms with Gasteiger partial charge in [-0.1, -0.05) is 84.3 Å². The van der Waals surface area contributed by atoms with Crippen LogP contribution in [0.5, 0.6) is 11.5 Å². The zero-order valence-electron chi connectivity index (χ0n) is 23.9. The van der Waals surface area contributed by atoms with Crippen molar-refractivity contribution in [2.75, 3.05) is 13.7 Å². The molecule has 0 saturated carbocycles. The monoisotopic (exact) mass is 636 g/mol. The Hall–Kier alpha value is -3.85. The molecule has 0 N–H and O–H groups in total. The van der Waals surface area contributed by atoms with Crippen molar-refractivity contribution < 1.29 is 19.0 Å². The van der Waals surface area contributed by atoms with E-state index >= 15 is 0 Å². The Kier molecular flexibility index (Phi) is 9.70. The number of para-hydroxylation sites is 1. The molecule has 0 fully saturated rings. The first-order valence-corrected chi connectivity index (χ1v) is 15.4. The minimum Gasteiger partial charge on any atom is -0.496 e. The molecule has 0 bridgehead atoms. The van der Waals surface area contributed by atoms with Gasteiger partial charge in [0.05, 0.1) is 29.5 Å². The van der Waals surface area contributed by atoms with Gasteiger partial charge in [0.15, 0.2) is 4.80 Å². The third kappa shape index (κ3) is 6.42. The number of halogens is 2. The van der Waals surface area contributed by atoms with E-state index in [1.165, 1.54) is 11.3 Å². The van der Waals surface area contributed by atoms with Gasteiger partial charge in [0.1, 0.15) is 24.1 Å². The predicted octanol–water partition coefficient (Wildman–Crippen LogP) is 6.47. The average Bonchev–Trinajstić information content (AvgIpc) is 3.31. The molecule has 3 aromatic carbocycles. The van der Waals surface area contributed by atoms with Gasteiger partial charge in [-0.05, 0) is 49.8 Å². The van der Waals surface area contributed by atoms with Gasteiger partial charge in [0.2, 0.25) is 0 Å². The maximum absolute atomic E-state index is 14.2. The van der Waals surface area contributed by atoms with Gasteiger partial charge in [-0.3, -0.25) is 9.36 Å². The number of methoxy groups -OCH3 is 1. The summed E-state index contributed by atoms with van der Waals surface area (Å²) in [5, 5.41) is 1.09. The minimum absolute atomic E-state index is 0.191.